The fourth-order valence-electron chi connectivity index (χ4n) is 5.54. The maximum atomic E-state index is 12.9. The Kier molecular flexibility index (Phi) is 30.7. The predicted molar refractivity (Wildman–Crippen MR) is 211 cm³/mol. The van der Waals surface area contributed by atoms with Crippen molar-refractivity contribution >= 4 is 41.4 Å². The predicted octanol–water partition coefficient (Wildman–Crippen LogP) is 4.61. The van der Waals surface area contributed by atoms with Crippen LogP contribution in [-0.2, 0) is 33.6 Å². The first kappa shape index (κ1) is 49.8. The van der Waals surface area contributed by atoms with Crippen molar-refractivity contribution in [2.75, 3.05) is 13.1 Å². The summed E-state index contributed by atoms with van der Waals surface area (Å²) in [7, 11) is 0. The second kappa shape index (κ2) is 33.3. The Bertz CT molecular complexity index is 1180. The average molecular weight is 763 g/mol. The second-order valence-corrected chi connectivity index (χ2v) is 14.0. The van der Waals surface area contributed by atoms with Crippen molar-refractivity contribution in [3.63, 3.8) is 0 Å². The number of amides is 6. The van der Waals surface area contributed by atoms with Gasteiger partial charge in [-0.15, -0.1) is 0 Å². The molecule has 0 aliphatic carbocycles. The SMILES string of the molecule is CCCCCCCCCCCC/C=C/C=C/CCCCCCCCC(=O)N[C@@H](CCC(=O)O)C(=O)N[C@@H](C)C(=O)NCC(=O)N[C@@H](C)C(=O)NCC(N)=O. The molecule has 0 saturated carbocycles. The molecule has 0 unspecified atom stereocenters. The molecule has 308 valence electrons. The van der Waals surface area contributed by atoms with E-state index in [-0.39, 0.29) is 25.2 Å². The molecule has 0 aliphatic rings. The summed E-state index contributed by atoms with van der Waals surface area (Å²) in [6.45, 7) is 4.11. The maximum Gasteiger partial charge on any atom is 0.303 e. The summed E-state index contributed by atoms with van der Waals surface area (Å²) in [5.41, 5.74) is 4.97. The molecule has 0 aromatic carbocycles. The van der Waals surface area contributed by atoms with Gasteiger partial charge < -0.3 is 37.4 Å². The van der Waals surface area contributed by atoms with Crippen LogP contribution in [0.2, 0.25) is 0 Å². The third-order valence-electron chi connectivity index (χ3n) is 8.81. The fraction of sp³-hybridized carbons (Fsp3) is 0.725. The minimum atomic E-state index is -1.16. The Balaban J connectivity index is 4.23. The van der Waals surface area contributed by atoms with Crippen LogP contribution >= 0.6 is 0 Å². The largest absolute Gasteiger partial charge is 0.481 e. The molecule has 0 aromatic heterocycles. The first-order valence-electron chi connectivity index (χ1n) is 20.1. The number of carbonyl (C=O) groups is 7. The molecule has 0 rings (SSSR count). The molecule has 14 heteroatoms. The molecule has 0 heterocycles. The normalized spacial score (nSPS) is 12.9. The van der Waals surface area contributed by atoms with Crippen LogP contribution in [0.25, 0.3) is 0 Å². The molecule has 0 fully saturated rings. The van der Waals surface area contributed by atoms with Gasteiger partial charge in [-0.2, -0.15) is 0 Å². The molecule has 0 radical (unpaired) electrons. The van der Waals surface area contributed by atoms with Crippen molar-refractivity contribution in [1.29, 1.82) is 0 Å². The van der Waals surface area contributed by atoms with Gasteiger partial charge in [0.15, 0.2) is 0 Å². The van der Waals surface area contributed by atoms with Crippen LogP contribution in [-0.4, -0.2) is 77.7 Å². The molecule has 0 bridgehead atoms. The second-order valence-electron chi connectivity index (χ2n) is 14.0. The number of allylic oxidation sites excluding steroid dienone is 4. The molecule has 14 nitrogen and oxygen atoms in total. The van der Waals surface area contributed by atoms with E-state index in [1.807, 2.05) is 0 Å². The van der Waals surface area contributed by atoms with E-state index in [9.17, 15) is 33.6 Å². The molecular weight excluding hydrogens is 692 g/mol. The summed E-state index contributed by atoms with van der Waals surface area (Å²) in [5.74, 6) is -5.04. The van der Waals surface area contributed by atoms with Crippen LogP contribution in [0.4, 0.5) is 0 Å². The lowest BCUT2D eigenvalue weighted by Crippen LogP contribution is -2.54. The molecule has 54 heavy (non-hydrogen) atoms. The van der Waals surface area contributed by atoms with Crippen LogP contribution < -0.4 is 32.3 Å². The quantitative estimate of drug-likeness (QED) is 0.0361. The highest BCUT2D eigenvalue weighted by molar-refractivity contribution is 5.94. The minimum Gasteiger partial charge on any atom is -0.481 e. The number of nitrogens with two attached hydrogens (primary N) is 1. The smallest absolute Gasteiger partial charge is 0.303 e. The van der Waals surface area contributed by atoms with Gasteiger partial charge in [-0.1, -0.05) is 115 Å². The lowest BCUT2D eigenvalue weighted by Gasteiger charge is -2.21. The number of hydrogen-bond acceptors (Lipinski definition) is 7. The highest BCUT2D eigenvalue weighted by Gasteiger charge is 2.25. The zero-order valence-corrected chi connectivity index (χ0v) is 33.2. The Labute approximate surface area is 323 Å². The van der Waals surface area contributed by atoms with Crippen LogP contribution in [0.15, 0.2) is 24.3 Å². The third-order valence-corrected chi connectivity index (χ3v) is 8.81. The van der Waals surface area contributed by atoms with E-state index < -0.39 is 66.7 Å². The topological polar surface area (TPSA) is 226 Å². The van der Waals surface area contributed by atoms with E-state index in [4.69, 9.17) is 10.8 Å². The lowest BCUT2D eigenvalue weighted by molar-refractivity contribution is -0.138. The standard InChI is InChI=1S/C40H70N6O8/c1-4-5-6-7-8-9-10-11-12-13-14-15-16-17-18-19-20-21-22-23-24-25-26-35(48)46-33(27-28-37(50)51)40(54)45-32(3)39(53)43-30-36(49)44-31(2)38(52)42-29-34(41)47/h15-18,31-33H,4-14,19-30H2,1-3H3,(H2,41,47)(H,42,52)(H,43,53)(H,44,49)(H,45,54)(H,46,48)(H,50,51)/b16-15+,18-17+/t31-,32-,33-/m0/s1. The van der Waals surface area contributed by atoms with Crippen molar-refractivity contribution in [2.45, 2.75) is 174 Å². The zero-order chi connectivity index (χ0) is 40.4. The summed E-state index contributed by atoms with van der Waals surface area (Å²) < 4.78 is 0. The number of nitrogens with one attached hydrogen (secondary N) is 5. The van der Waals surface area contributed by atoms with Crippen molar-refractivity contribution in [1.82, 2.24) is 26.6 Å². The van der Waals surface area contributed by atoms with E-state index >= 15 is 0 Å². The number of aliphatic carboxylic acids is 1. The van der Waals surface area contributed by atoms with Gasteiger partial charge in [0.25, 0.3) is 0 Å². The number of carboxylic acid groups (broad SMARTS) is 1. The first-order valence-corrected chi connectivity index (χ1v) is 20.1. The van der Waals surface area contributed by atoms with Crippen LogP contribution in [0.5, 0.6) is 0 Å². The van der Waals surface area contributed by atoms with Gasteiger partial charge in [0.1, 0.15) is 18.1 Å². The number of carbonyl (C=O) groups excluding carboxylic acids is 6. The van der Waals surface area contributed by atoms with Gasteiger partial charge in [0.05, 0.1) is 13.1 Å². The monoisotopic (exact) mass is 763 g/mol. The molecular formula is C40H70N6O8. The van der Waals surface area contributed by atoms with Gasteiger partial charge in [-0.25, -0.2) is 0 Å². The Morgan fingerprint density at radius 3 is 1.52 bits per heavy atom. The number of carboxylic acids is 1. The summed E-state index contributed by atoms with van der Waals surface area (Å²) in [6.07, 6.45) is 29.9. The molecule has 0 saturated heterocycles. The average Bonchev–Trinajstić information content (AvgIpc) is 3.12. The number of rotatable bonds is 34. The zero-order valence-electron chi connectivity index (χ0n) is 33.2. The van der Waals surface area contributed by atoms with Crippen molar-refractivity contribution in [2.24, 2.45) is 5.73 Å². The van der Waals surface area contributed by atoms with E-state index in [0.29, 0.717) is 6.42 Å². The Morgan fingerprint density at radius 2 is 1.02 bits per heavy atom. The van der Waals surface area contributed by atoms with E-state index in [1.165, 1.54) is 78.1 Å². The fourth-order valence-corrected chi connectivity index (χ4v) is 5.54. The van der Waals surface area contributed by atoms with Crippen LogP contribution in [0.3, 0.4) is 0 Å². The van der Waals surface area contributed by atoms with E-state index in [0.717, 1.165) is 44.9 Å². The number of hydrogen-bond donors (Lipinski definition) is 7. The molecule has 3 atom stereocenters. The highest BCUT2D eigenvalue weighted by atomic mass is 16.4. The number of unbranched alkanes of at least 4 members (excludes halogenated alkanes) is 16. The molecule has 6 amide bonds. The number of primary amides is 1. The summed E-state index contributed by atoms with van der Waals surface area (Å²) in [6, 6.07) is -3.27. The Hall–Kier alpha value is -4.23. The highest BCUT2D eigenvalue weighted by Crippen LogP contribution is 2.12. The van der Waals surface area contributed by atoms with Gasteiger partial charge >= 0.3 is 5.97 Å². The third kappa shape index (κ3) is 30.3. The van der Waals surface area contributed by atoms with Crippen molar-refractivity contribution in [3.05, 3.63) is 24.3 Å². The van der Waals surface area contributed by atoms with E-state index in [1.54, 1.807) is 0 Å². The Morgan fingerprint density at radius 1 is 0.556 bits per heavy atom. The summed E-state index contributed by atoms with van der Waals surface area (Å²) in [5, 5.41) is 21.1. The first-order chi connectivity index (χ1) is 25.9. The van der Waals surface area contributed by atoms with Gasteiger partial charge in [0.2, 0.25) is 35.4 Å². The van der Waals surface area contributed by atoms with Gasteiger partial charge in [0, 0.05) is 12.8 Å². The summed E-state index contributed by atoms with van der Waals surface area (Å²) in [4.78, 5) is 83.9. The van der Waals surface area contributed by atoms with Crippen LogP contribution in [0.1, 0.15) is 156 Å². The van der Waals surface area contributed by atoms with Crippen molar-refractivity contribution < 1.29 is 38.7 Å². The van der Waals surface area contributed by atoms with Crippen molar-refractivity contribution in [3.8, 4) is 0 Å². The molecule has 8 N–H and O–H groups in total. The lowest BCUT2D eigenvalue weighted by atomic mass is 10.1. The van der Waals surface area contributed by atoms with E-state index in [2.05, 4.69) is 57.8 Å². The molecule has 0 spiro atoms. The molecule has 0 aliphatic heterocycles. The van der Waals surface area contributed by atoms with Gasteiger partial charge in [-0.3, -0.25) is 33.6 Å². The molecule has 0 aromatic rings. The van der Waals surface area contributed by atoms with Crippen LogP contribution in [0, 0.1) is 0 Å². The maximum absolute atomic E-state index is 12.9. The minimum absolute atomic E-state index is 0.164. The van der Waals surface area contributed by atoms with Gasteiger partial charge in [-0.05, 0) is 52.4 Å². The summed E-state index contributed by atoms with van der Waals surface area (Å²) >= 11 is 0.